The molecular formula is C24H33N3O3. The predicted molar refractivity (Wildman–Crippen MR) is 117 cm³/mol. The maximum atomic E-state index is 11.7. The van der Waals surface area contributed by atoms with Crippen LogP contribution in [0, 0.1) is 11.8 Å². The largest absolute Gasteiger partial charge is 0.550 e. The van der Waals surface area contributed by atoms with Gasteiger partial charge >= 0.3 is 0 Å². The quantitative estimate of drug-likeness (QED) is 0.726. The number of hydrogen-bond donors (Lipinski definition) is 2. The third kappa shape index (κ3) is 5.26. The first-order valence-electron chi connectivity index (χ1n) is 10.2. The van der Waals surface area contributed by atoms with E-state index in [2.05, 4.69) is 24.8 Å². The summed E-state index contributed by atoms with van der Waals surface area (Å²) in [4.78, 5) is 25.5. The average Bonchev–Trinajstić information content (AvgIpc) is 2.71. The van der Waals surface area contributed by atoms with Gasteiger partial charge in [0.1, 0.15) is 0 Å². The summed E-state index contributed by atoms with van der Waals surface area (Å²) in [6, 6.07) is 17.3. The topological polar surface area (TPSA) is 123 Å². The lowest BCUT2D eigenvalue weighted by Crippen LogP contribution is -2.50. The molecule has 0 aromatic heterocycles. The minimum absolute atomic E-state index is 0. The van der Waals surface area contributed by atoms with Gasteiger partial charge in [0.2, 0.25) is 5.91 Å². The average molecular weight is 412 g/mol. The van der Waals surface area contributed by atoms with Gasteiger partial charge < -0.3 is 26.7 Å². The van der Waals surface area contributed by atoms with Crippen molar-refractivity contribution in [3.05, 3.63) is 71.3 Å². The monoisotopic (exact) mass is 411 g/mol. The Kier molecular flexibility index (Phi) is 7.76. The molecule has 2 aromatic carbocycles. The van der Waals surface area contributed by atoms with Crippen molar-refractivity contribution >= 4 is 11.9 Å². The number of primary amides is 1. The van der Waals surface area contributed by atoms with Gasteiger partial charge in [0.25, 0.3) is 0 Å². The third-order valence-electron chi connectivity index (χ3n) is 6.51. The number of carbonyl (C=O) groups excluding carboxylic acids is 2. The number of carboxylic acid groups (broad SMARTS) is 1. The molecule has 1 aliphatic heterocycles. The Morgan fingerprint density at radius 3 is 2.50 bits per heavy atom. The van der Waals surface area contributed by atoms with Crippen LogP contribution in [0.3, 0.4) is 0 Å². The van der Waals surface area contributed by atoms with Crippen molar-refractivity contribution in [1.82, 2.24) is 11.1 Å². The first-order chi connectivity index (χ1) is 13.8. The number of carboxylic acids is 1. The highest BCUT2D eigenvalue weighted by Crippen LogP contribution is 2.39. The SMILES string of the molecule is C[C@H]1CN(C[C@H](Cc2ccccc2)C(=O)[O-])CC[C@@]1(C)c1cccc(C(N)=O)c1.[NH4+]. The van der Waals surface area contributed by atoms with Gasteiger partial charge in [-0.3, -0.25) is 4.79 Å². The lowest BCUT2D eigenvalue weighted by atomic mass is 9.67. The molecule has 1 fully saturated rings. The standard InChI is InChI=1S/C24H30N2O3.H3N/c1-17-15-26(16-20(23(28)29)13-18-7-4-3-5-8-18)12-11-24(17,2)21-10-6-9-19(14-21)22(25)27;/h3-10,14,17,20H,11-13,15-16H2,1-2H3,(H2,25,27)(H,28,29);1H3/t17-,20-,24+;/m0./s1. The number of amides is 1. The van der Waals surface area contributed by atoms with Gasteiger partial charge in [0.05, 0.1) is 0 Å². The summed E-state index contributed by atoms with van der Waals surface area (Å²) in [5.41, 5.74) is 8.02. The van der Waals surface area contributed by atoms with Crippen molar-refractivity contribution in [2.24, 2.45) is 17.6 Å². The number of likely N-dealkylation sites (tertiary alicyclic amines) is 1. The second kappa shape index (κ2) is 9.87. The number of nitrogens with zero attached hydrogens (tertiary/aromatic N) is 1. The van der Waals surface area contributed by atoms with Gasteiger partial charge in [-0.15, -0.1) is 0 Å². The lowest BCUT2D eigenvalue weighted by Gasteiger charge is -2.46. The van der Waals surface area contributed by atoms with Crippen molar-refractivity contribution < 1.29 is 14.7 Å². The lowest BCUT2D eigenvalue weighted by molar-refractivity contribution is -0.312. The molecule has 0 spiro atoms. The summed E-state index contributed by atoms with van der Waals surface area (Å²) in [6.07, 6.45) is 1.37. The molecule has 30 heavy (non-hydrogen) atoms. The molecule has 0 saturated carbocycles. The highest BCUT2D eigenvalue weighted by atomic mass is 16.4. The van der Waals surface area contributed by atoms with Crippen LogP contribution in [0.5, 0.6) is 0 Å². The second-order valence-electron chi connectivity index (χ2n) is 8.48. The van der Waals surface area contributed by atoms with Crippen LogP contribution >= 0.6 is 0 Å². The van der Waals surface area contributed by atoms with E-state index in [4.69, 9.17) is 5.73 Å². The molecule has 3 rings (SSSR count). The second-order valence-corrected chi connectivity index (χ2v) is 8.48. The van der Waals surface area contributed by atoms with E-state index >= 15 is 0 Å². The normalized spacial score (nSPS) is 22.7. The van der Waals surface area contributed by atoms with Crippen molar-refractivity contribution in [3.63, 3.8) is 0 Å². The highest BCUT2D eigenvalue weighted by molar-refractivity contribution is 5.92. The Balaban J connectivity index is 0.00000320. The van der Waals surface area contributed by atoms with Crippen LogP contribution in [0.25, 0.3) is 0 Å². The Morgan fingerprint density at radius 2 is 1.90 bits per heavy atom. The molecule has 0 bridgehead atoms. The van der Waals surface area contributed by atoms with Crippen LogP contribution in [0.2, 0.25) is 0 Å². The van der Waals surface area contributed by atoms with E-state index in [1.807, 2.05) is 42.5 Å². The fourth-order valence-corrected chi connectivity index (χ4v) is 4.37. The number of piperidine rings is 1. The molecule has 0 unspecified atom stereocenters. The fourth-order valence-electron chi connectivity index (χ4n) is 4.37. The number of aliphatic carboxylic acids is 1. The van der Waals surface area contributed by atoms with Crippen LogP contribution in [0.4, 0.5) is 0 Å². The molecule has 1 aliphatic rings. The summed E-state index contributed by atoms with van der Waals surface area (Å²) < 4.78 is 0. The molecule has 6 nitrogen and oxygen atoms in total. The van der Waals surface area contributed by atoms with Crippen molar-refractivity contribution in [2.45, 2.75) is 32.1 Å². The van der Waals surface area contributed by atoms with Crippen LogP contribution < -0.4 is 17.0 Å². The van der Waals surface area contributed by atoms with E-state index in [0.29, 0.717) is 24.4 Å². The Hall–Kier alpha value is -2.70. The van der Waals surface area contributed by atoms with Gasteiger partial charge in [-0.2, -0.15) is 0 Å². The zero-order chi connectivity index (χ0) is 21.0. The molecule has 6 heteroatoms. The molecule has 3 atom stereocenters. The molecule has 1 heterocycles. The first-order valence-corrected chi connectivity index (χ1v) is 10.2. The molecule has 6 N–H and O–H groups in total. The number of benzene rings is 2. The van der Waals surface area contributed by atoms with Crippen LogP contribution in [0.15, 0.2) is 54.6 Å². The number of quaternary nitrogens is 1. The van der Waals surface area contributed by atoms with Crippen LogP contribution in [-0.4, -0.2) is 36.4 Å². The third-order valence-corrected chi connectivity index (χ3v) is 6.51. The molecule has 1 saturated heterocycles. The summed E-state index contributed by atoms with van der Waals surface area (Å²) >= 11 is 0. The molecule has 0 aliphatic carbocycles. The minimum atomic E-state index is -0.996. The predicted octanol–water partition coefficient (Wildman–Crippen LogP) is 2.37. The molecule has 0 radical (unpaired) electrons. The number of rotatable bonds is 7. The number of hydrogen-bond acceptors (Lipinski definition) is 4. The van der Waals surface area contributed by atoms with Gasteiger partial charge in [-0.25, -0.2) is 0 Å². The molecule has 162 valence electrons. The summed E-state index contributed by atoms with van der Waals surface area (Å²) in [5, 5.41) is 11.7. The van der Waals surface area contributed by atoms with Gasteiger partial charge in [-0.05, 0) is 54.0 Å². The fraction of sp³-hybridized carbons (Fsp3) is 0.417. The Bertz CT molecular complexity index is 871. The van der Waals surface area contributed by atoms with Crippen LogP contribution in [-0.2, 0) is 16.6 Å². The number of carbonyl (C=O) groups is 2. The van der Waals surface area contributed by atoms with E-state index in [1.54, 1.807) is 6.07 Å². The van der Waals surface area contributed by atoms with Crippen molar-refractivity contribution in [3.8, 4) is 0 Å². The van der Waals surface area contributed by atoms with Gasteiger partial charge in [-0.1, -0.05) is 56.3 Å². The molecule has 2 aromatic rings. The van der Waals surface area contributed by atoms with E-state index in [9.17, 15) is 14.7 Å². The summed E-state index contributed by atoms with van der Waals surface area (Å²) in [6.45, 7) is 6.50. The zero-order valence-electron chi connectivity index (χ0n) is 18.1. The summed E-state index contributed by atoms with van der Waals surface area (Å²) in [7, 11) is 0. The van der Waals surface area contributed by atoms with Gasteiger partial charge in [0.15, 0.2) is 0 Å². The van der Waals surface area contributed by atoms with Crippen molar-refractivity contribution in [2.75, 3.05) is 19.6 Å². The maximum Gasteiger partial charge on any atom is 0.248 e. The van der Waals surface area contributed by atoms with E-state index in [0.717, 1.165) is 30.6 Å². The summed E-state index contributed by atoms with van der Waals surface area (Å²) in [5.74, 6) is -1.65. The molecular weight excluding hydrogens is 378 g/mol. The van der Waals surface area contributed by atoms with E-state index in [1.165, 1.54) is 0 Å². The van der Waals surface area contributed by atoms with Crippen molar-refractivity contribution in [1.29, 1.82) is 0 Å². The Morgan fingerprint density at radius 1 is 1.20 bits per heavy atom. The smallest absolute Gasteiger partial charge is 0.248 e. The Labute approximate surface area is 178 Å². The highest BCUT2D eigenvalue weighted by Gasteiger charge is 2.38. The first kappa shape index (κ1) is 23.6. The maximum absolute atomic E-state index is 11.7. The van der Waals surface area contributed by atoms with E-state index < -0.39 is 17.8 Å². The molecule has 1 amide bonds. The van der Waals surface area contributed by atoms with Gasteiger partial charge in [0, 0.05) is 30.5 Å². The van der Waals surface area contributed by atoms with Crippen LogP contribution in [0.1, 0.15) is 41.8 Å². The zero-order valence-corrected chi connectivity index (χ0v) is 18.1. The minimum Gasteiger partial charge on any atom is -0.550 e. The van der Waals surface area contributed by atoms with E-state index in [-0.39, 0.29) is 11.6 Å². The number of nitrogens with two attached hydrogens (primary N) is 1.